The fourth-order valence-electron chi connectivity index (χ4n) is 3.53. The largest absolute Gasteiger partial charge is 0.472 e. The van der Waals surface area contributed by atoms with E-state index >= 15 is 0 Å². The molecule has 0 spiro atoms. The SMILES string of the molecule is Clc1cccc(COc2cncc(N3CCN(c4ccc5nccnc5n4)CC3)n2)c1. The van der Waals surface area contributed by atoms with E-state index in [2.05, 4.69) is 34.7 Å². The van der Waals surface area contributed by atoms with Gasteiger partial charge in [0.05, 0.1) is 12.4 Å². The van der Waals surface area contributed by atoms with Crippen LogP contribution in [0.5, 0.6) is 5.88 Å². The molecule has 1 aliphatic rings. The van der Waals surface area contributed by atoms with Crippen LogP contribution in [0.2, 0.25) is 5.02 Å². The first-order valence-corrected chi connectivity index (χ1v) is 10.4. The van der Waals surface area contributed by atoms with Crippen molar-refractivity contribution in [3.8, 4) is 5.88 Å². The highest BCUT2D eigenvalue weighted by atomic mass is 35.5. The Labute approximate surface area is 184 Å². The third-order valence-electron chi connectivity index (χ3n) is 5.12. The molecule has 156 valence electrons. The van der Waals surface area contributed by atoms with Gasteiger partial charge in [0, 0.05) is 43.6 Å². The average Bonchev–Trinajstić information content (AvgIpc) is 2.83. The van der Waals surface area contributed by atoms with Gasteiger partial charge in [-0.05, 0) is 29.8 Å². The van der Waals surface area contributed by atoms with Crippen LogP contribution in [0.1, 0.15) is 5.56 Å². The number of hydrogen-bond donors (Lipinski definition) is 0. The van der Waals surface area contributed by atoms with Gasteiger partial charge in [0.1, 0.15) is 17.9 Å². The molecule has 0 amide bonds. The van der Waals surface area contributed by atoms with Crippen molar-refractivity contribution in [2.24, 2.45) is 0 Å². The molecule has 1 saturated heterocycles. The van der Waals surface area contributed by atoms with Gasteiger partial charge in [-0.15, -0.1) is 0 Å². The summed E-state index contributed by atoms with van der Waals surface area (Å²) in [6.07, 6.45) is 6.74. The summed E-state index contributed by atoms with van der Waals surface area (Å²) in [5.74, 6) is 2.22. The van der Waals surface area contributed by atoms with Gasteiger partial charge >= 0.3 is 0 Å². The molecule has 0 saturated carbocycles. The van der Waals surface area contributed by atoms with Crippen LogP contribution in [-0.2, 0) is 6.61 Å². The summed E-state index contributed by atoms with van der Waals surface area (Å²) in [5.41, 5.74) is 2.45. The third-order valence-corrected chi connectivity index (χ3v) is 5.36. The topological polar surface area (TPSA) is 80.2 Å². The van der Waals surface area contributed by atoms with Crippen molar-refractivity contribution in [1.82, 2.24) is 24.9 Å². The van der Waals surface area contributed by atoms with Crippen LogP contribution in [0, 0.1) is 0 Å². The number of hydrogen-bond acceptors (Lipinski definition) is 8. The number of pyridine rings is 1. The van der Waals surface area contributed by atoms with E-state index < -0.39 is 0 Å². The molecule has 1 fully saturated rings. The van der Waals surface area contributed by atoms with Crippen LogP contribution < -0.4 is 14.5 Å². The quantitative estimate of drug-likeness (QED) is 0.474. The molecule has 9 heteroatoms. The maximum Gasteiger partial charge on any atom is 0.234 e. The first-order valence-electron chi connectivity index (χ1n) is 10.0. The Morgan fingerprint density at radius 3 is 2.52 bits per heavy atom. The number of anilines is 2. The second-order valence-corrected chi connectivity index (χ2v) is 7.61. The number of ether oxygens (including phenoxy) is 1. The molecule has 0 unspecified atom stereocenters. The molecule has 3 aromatic heterocycles. The number of piperazine rings is 1. The first-order chi connectivity index (χ1) is 15.2. The fourth-order valence-corrected chi connectivity index (χ4v) is 3.74. The lowest BCUT2D eigenvalue weighted by molar-refractivity contribution is 0.292. The van der Waals surface area contributed by atoms with Crippen LogP contribution in [0.4, 0.5) is 11.6 Å². The van der Waals surface area contributed by atoms with E-state index in [1.165, 1.54) is 0 Å². The summed E-state index contributed by atoms with van der Waals surface area (Å²) in [5, 5.41) is 0.687. The minimum Gasteiger partial charge on any atom is -0.472 e. The summed E-state index contributed by atoms with van der Waals surface area (Å²) in [7, 11) is 0. The first kappa shape index (κ1) is 19.4. The van der Waals surface area contributed by atoms with Gasteiger partial charge in [-0.25, -0.2) is 9.97 Å². The summed E-state index contributed by atoms with van der Waals surface area (Å²) < 4.78 is 5.82. The molecular weight excluding hydrogens is 414 g/mol. The predicted octanol–water partition coefficient (Wildman–Crippen LogP) is 3.37. The summed E-state index contributed by atoms with van der Waals surface area (Å²) in [6, 6.07) is 11.5. The van der Waals surface area contributed by atoms with Crippen molar-refractivity contribution < 1.29 is 4.74 Å². The maximum atomic E-state index is 6.03. The van der Waals surface area contributed by atoms with Gasteiger partial charge in [-0.3, -0.25) is 9.97 Å². The second-order valence-electron chi connectivity index (χ2n) is 7.18. The third kappa shape index (κ3) is 4.49. The Balaban J connectivity index is 1.22. The molecule has 0 N–H and O–H groups in total. The van der Waals surface area contributed by atoms with E-state index in [4.69, 9.17) is 16.3 Å². The van der Waals surface area contributed by atoms with Crippen molar-refractivity contribution in [3.05, 3.63) is 71.8 Å². The van der Waals surface area contributed by atoms with Crippen molar-refractivity contribution in [2.45, 2.75) is 6.61 Å². The Bertz CT molecular complexity index is 1200. The zero-order valence-electron chi connectivity index (χ0n) is 16.7. The molecular formula is C22H20ClN7O. The highest BCUT2D eigenvalue weighted by Gasteiger charge is 2.20. The monoisotopic (exact) mass is 433 g/mol. The fraction of sp³-hybridized carbons (Fsp3) is 0.227. The molecule has 5 rings (SSSR count). The molecule has 8 nitrogen and oxygen atoms in total. The Morgan fingerprint density at radius 2 is 1.68 bits per heavy atom. The molecule has 31 heavy (non-hydrogen) atoms. The smallest absolute Gasteiger partial charge is 0.234 e. The summed E-state index contributed by atoms with van der Waals surface area (Å²) in [6.45, 7) is 3.67. The Morgan fingerprint density at radius 1 is 0.871 bits per heavy atom. The van der Waals surface area contributed by atoms with Gasteiger partial charge in [-0.1, -0.05) is 23.7 Å². The maximum absolute atomic E-state index is 6.03. The lowest BCUT2D eigenvalue weighted by Crippen LogP contribution is -2.47. The molecule has 0 bridgehead atoms. The zero-order valence-corrected chi connectivity index (χ0v) is 17.5. The van der Waals surface area contributed by atoms with Crippen LogP contribution >= 0.6 is 11.6 Å². The van der Waals surface area contributed by atoms with Crippen molar-refractivity contribution in [1.29, 1.82) is 0 Å². The number of nitrogens with zero attached hydrogens (tertiary/aromatic N) is 7. The Kier molecular flexibility index (Phi) is 5.45. The molecule has 1 aliphatic heterocycles. The highest BCUT2D eigenvalue weighted by Crippen LogP contribution is 2.21. The van der Waals surface area contributed by atoms with Crippen LogP contribution in [0.25, 0.3) is 11.2 Å². The number of fused-ring (bicyclic) bond motifs is 1. The van der Waals surface area contributed by atoms with Gasteiger partial charge in [0.25, 0.3) is 0 Å². The number of benzene rings is 1. The van der Waals surface area contributed by atoms with Crippen LogP contribution in [0.15, 0.2) is 61.2 Å². The zero-order chi connectivity index (χ0) is 21.0. The van der Waals surface area contributed by atoms with Crippen molar-refractivity contribution >= 4 is 34.4 Å². The van der Waals surface area contributed by atoms with E-state index in [0.29, 0.717) is 23.2 Å². The van der Waals surface area contributed by atoms with Gasteiger partial charge < -0.3 is 14.5 Å². The Hall–Kier alpha value is -3.52. The van der Waals surface area contributed by atoms with Crippen LogP contribution in [-0.4, -0.2) is 51.1 Å². The number of rotatable bonds is 5. The van der Waals surface area contributed by atoms with E-state index in [0.717, 1.165) is 48.9 Å². The van der Waals surface area contributed by atoms with Gasteiger partial charge in [0.2, 0.25) is 5.88 Å². The van der Waals surface area contributed by atoms with Crippen LogP contribution in [0.3, 0.4) is 0 Å². The summed E-state index contributed by atoms with van der Waals surface area (Å²) >= 11 is 6.03. The standard InChI is InChI=1S/C22H20ClN7O/c23-17-3-1-2-16(12-17)15-31-21-14-24-13-20(27-21)30-10-8-29(9-11-30)19-5-4-18-22(28-19)26-7-6-25-18/h1-7,12-14H,8-11,15H2. The lowest BCUT2D eigenvalue weighted by Gasteiger charge is -2.35. The lowest BCUT2D eigenvalue weighted by atomic mass is 10.2. The van der Waals surface area contributed by atoms with Crippen molar-refractivity contribution in [3.63, 3.8) is 0 Å². The minimum atomic E-state index is 0.392. The van der Waals surface area contributed by atoms with E-state index in [-0.39, 0.29) is 0 Å². The second kappa shape index (κ2) is 8.69. The van der Waals surface area contributed by atoms with Gasteiger partial charge in [0.15, 0.2) is 11.5 Å². The number of aromatic nitrogens is 5. The molecule has 1 aromatic carbocycles. The van der Waals surface area contributed by atoms with E-state index in [9.17, 15) is 0 Å². The predicted molar refractivity (Wildman–Crippen MR) is 120 cm³/mol. The molecule has 4 heterocycles. The molecule has 0 radical (unpaired) electrons. The van der Waals surface area contributed by atoms with Crippen molar-refractivity contribution in [2.75, 3.05) is 36.0 Å². The number of halogens is 1. The highest BCUT2D eigenvalue weighted by molar-refractivity contribution is 6.30. The minimum absolute atomic E-state index is 0.392. The molecule has 0 atom stereocenters. The molecule has 0 aliphatic carbocycles. The van der Waals surface area contributed by atoms with E-state index in [1.807, 2.05) is 36.4 Å². The average molecular weight is 434 g/mol. The van der Waals surface area contributed by atoms with Gasteiger partial charge in [-0.2, -0.15) is 4.98 Å². The summed E-state index contributed by atoms with van der Waals surface area (Å²) in [4.78, 5) is 26.6. The molecule has 4 aromatic rings. The normalized spacial score (nSPS) is 14.1. The van der Waals surface area contributed by atoms with E-state index in [1.54, 1.807) is 24.8 Å².